The van der Waals surface area contributed by atoms with Crippen molar-refractivity contribution in [1.82, 2.24) is 5.32 Å². The smallest absolute Gasteiger partial charge is 0.248 e. The van der Waals surface area contributed by atoms with Crippen LogP contribution in [0.25, 0.3) is 0 Å². The number of rotatable bonds is 4. The molecule has 6 heteroatoms. The van der Waals surface area contributed by atoms with Gasteiger partial charge in [-0.05, 0) is 24.1 Å². The molecule has 21 heavy (non-hydrogen) atoms. The second-order valence-corrected chi connectivity index (χ2v) is 5.38. The summed E-state index contributed by atoms with van der Waals surface area (Å²) in [5.74, 6) is -1.03. The zero-order valence-electron chi connectivity index (χ0n) is 12.2. The van der Waals surface area contributed by atoms with Crippen molar-refractivity contribution in [3.05, 3.63) is 29.3 Å². The Balaban J connectivity index is 2.10. The molecule has 0 saturated carbocycles. The molecule has 0 fully saturated rings. The van der Waals surface area contributed by atoms with E-state index in [0.29, 0.717) is 17.8 Å². The summed E-state index contributed by atoms with van der Waals surface area (Å²) in [6.45, 7) is 4.04. The Bertz CT molecular complexity index is 596. The highest BCUT2D eigenvalue weighted by molar-refractivity contribution is 6.00. The molecule has 0 atom stereocenters. The molecule has 0 unspecified atom stereocenters. The van der Waals surface area contributed by atoms with Gasteiger partial charge in [-0.3, -0.25) is 14.4 Å². The number of carbonyl (C=O) groups excluding carboxylic acids is 3. The Morgan fingerprint density at radius 1 is 1.33 bits per heavy atom. The van der Waals surface area contributed by atoms with Gasteiger partial charge in [0.25, 0.3) is 0 Å². The number of benzene rings is 1. The lowest BCUT2D eigenvalue weighted by atomic mass is 10.1. The fourth-order valence-corrected chi connectivity index (χ4v) is 2.25. The van der Waals surface area contributed by atoms with Crippen molar-refractivity contribution in [3.63, 3.8) is 0 Å². The minimum atomic E-state index is -0.523. The van der Waals surface area contributed by atoms with Gasteiger partial charge in [-0.2, -0.15) is 0 Å². The Hall–Kier alpha value is -2.37. The van der Waals surface area contributed by atoms with Crippen LogP contribution in [0.5, 0.6) is 0 Å². The first-order chi connectivity index (χ1) is 9.90. The SMILES string of the molecule is CC(C)C(=O)NCC(=O)N1CCc2ccc(C(N)=O)cc21. The number of nitrogens with one attached hydrogen (secondary N) is 1. The summed E-state index contributed by atoms with van der Waals surface area (Å²) in [5.41, 5.74) is 7.34. The van der Waals surface area contributed by atoms with Gasteiger partial charge < -0.3 is 16.0 Å². The normalized spacial score (nSPS) is 13.2. The Kier molecular flexibility index (Phi) is 4.26. The van der Waals surface area contributed by atoms with E-state index in [1.807, 2.05) is 6.07 Å². The van der Waals surface area contributed by atoms with Gasteiger partial charge in [0.05, 0.1) is 6.54 Å². The van der Waals surface area contributed by atoms with Crippen LogP contribution in [0.4, 0.5) is 5.69 Å². The molecule has 0 bridgehead atoms. The molecule has 1 aliphatic rings. The first-order valence-electron chi connectivity index (χ1n) is 6.91. The highest BCUT2D eigenvalue weighted by Gasteiger charge is 2.25. The molecule has 0 spiro atoms. The molecule has 1 aromatic carbocycles. The third-order valence-electron chi connectivity index (χ3n) is 3.50. The Morgan fingerprint density at radius 3 is 2.67 bits per heavy atom. The van der Waals surface area contributed by atoms with Crippen LogP contribution in [0.3, 0.4) is 0 Å². The van der Waals surface area contributed by atoms with Crippen molar-refractivity contribution >= 4 is 23.4 Å². The summed E-state index contributed by atoms with van der Waals surface area (Å²) >= 11 is 0. The predicted octanol–water partition coefficient (Wildman–Crippen LogP) is 0.447. The zero-order chi connectivity index (χ0) is 15.6. The van der Waals surface area contributed by atoms with Crippen molar-refractivity contribution in [1.29, 1.82) is 0 Å². The number of primary amides is 1. The van der Waals surface area contributed by atoms with Gasteiger partial charge in [0.15, 0.2) is 0 Å². The van der Waals surface area contributed by atoms with Crippen LogP contribution >= 0.6 is 0 Å². The fraction of sp³-hybridized carbons (Fsp3) is 0.400. The lowest BCUT2D eigenvalue weighted by molar-refractivity contribution is -0.127. The van der Waals surface area contributed by atoms with Crippen LogP contribution in [0.15, 0.2) is 18.2 Å². The molecule has 1 heterocycles. The molecule has 6 nitrogen and oxygen atoms in total. The lowest BCUT2D eigenvalue weighted by Crippen LogP contribution is -2.40. The van der Waals surface area contributed by atoms with Gasteiger partial charge >= 0.3 is 0 Å². The van der Waals surface area contributed by atoms with Crippen LogP contribution in [0, 0.1) is 5.92 Å². The van der Waals surface area contributed by atoms with Crippen molar-refractivity contribution < 1.29 is 14.4 Å². The number of nitrogens with zero attached hydrogens (tertiary/aromatic N) is 1. The molecule has 3 N–H and O–H groups in total. The van der Waals surface area contributed by atoms with E-state index in [4.69, 9.17) is 5.73 Å². The fourth-order valence-electron chi connectivity index (χ4n) is 2.25. The van der Waals surface area contributed by atoms with E-state index in [1.165, 1.54) is 0 Å². The topological polar surface area (TPSA) is 92.5 Å². The Morgan fingerprint density at radius 2 is 2.05 bits per heavy atom. The highest BCUT2D eigenvalue weighted by atomic mass is 16.2. The number of fused-ring (bicyclic) bond motifs is 1. The van der Waals surface area contributed by atoms with E-state index in [0.717, 1.165) is 12.0 Å². The van der Waals surface area contributed by atoms with Crippen LogP contribution in [0.1, 0.15) is 29.8 Å². The van der Waals surface area contributed by atoms with Gasteiger partial charge in [-0.1, -0.05) is 19.9 Å². The highest BCUT2D eigenvalue weighted by Crippen LogP contribution is 2.28. The average Bonchev–Trinajstić information content (AvgIpc) is 2.86. The maximum absolute atomic E-state index is 12.2. The Labute approximate surface area is 123 Å². The zero-order valence-corrected chi connectivity index (χ0v) is 12.2. The number of carbonyl (C=O) groups is 3. The van der Waals surface area contributed by atoms with Crippen molar-refractivity contribution in [2.75, 3.05) is 18.0 Å². The van der Waals surface area contributed by atoms with Crippen molar-refractivity contribution in [2.45, 2.75) is 20.3 Å². The molecular weight excluding hydrogens is 270 g/mol. The summed E-state index contributed by atoms with van der Waals surface area (Å²) in [4.78, 5) is 36.5. The van der Waals surface area contributed by atoms with Crippen LogP contribution in [-0.4, -0.2) is 30.8 Å². The van der Waals surface area contributed by atoms with Crippen LogP contribution < -0.4 is 16.0 Å². The number of anilines is 1. The third-order valence-corrected chi connectivity index (χ3v) is 3.50. The second-order valence-electron chi connectivity index (χ2n) is 5.38. The molecule has 1 aliphatic heterocycles. The van der Waals surface area contributed by atoms with Gasteiger partial charge in [0.2, 0.25) is 17.7 Å². The number of hydrogen-bond donors (Lipinski definition) is 2. The van der Waals surface area contributed by atoms with E-state index in [2.05, 4.69) is 5.32 Å². The molecule has 0 aliphatic carbocycles. The van der Waals surface area contributed by atoms with Crippen LogP contribution in [-0.2, 0) is 16.0 Å². The van der Waals surface area contributed by atoms with E-state index in [9.17, 15) is 14.4 Å². The maximum atomic E-state index is 12.2. The minimum Gasteiger partial charge on any atom is -0.366 e. The minimum absolute atomic E-state index is 0.0444. The monoisotopic (exact) mass is 289 g/mol. The summed E-state index contributed by atoms with van der Waals surface area (Å²) in [7, 11) is 0. The number of nitrogens with two attached hydrogens (primary N) is 1. The average molecular weight is 289 g/mol. The molecule has 112 valence electrons. The quantitative estimate of drug-likeness (QED) is 0.842. The second kappa shape index (κ2) is 5.95. The molecule has 1 aromatic rings. The molecule has 2 rings (SSSR count). The van der Waals surface area contributed by atoms with Gasteiger partial charge in [0, 0.05) is 23.7 Å². The van der Waals surface area contributed by atoms with Crippen molar-refractivity contribution in [2.24, 2.45) is 11.7 Å². The van der Waals surface area contributed by atoms with Gasteiger partial charge in [-0.25, -0.2) is 0 Å². The molecule has 0 saturated heterocycles. The summed E-state index contributed by atoms with van der Waals surface area (Å²) < 4.78 is 0. The van der Waals surface area contributed by atoms with E-state index < -0.39 is 5.91 Å². The number of amides is 3. The maximum Gasteiger partial charge on any atom is 0.248 e. The van der Waals surface area contributed by atoms with Crippen LogP contribution in [0.2, 0.25) is 0 Å². The van der Waals surface area contributed by atoms with E-state index >= 15 is 0 Å². The summed E-state index contributed by atoms with van der Waals surface area (Å²) in [6.07, 6.45) is 0.734. The molecule has 0 aromatic heterocycles. The van der Waals surface area contributed by atoms with Gasteiger partial charge in [0.1, 0.15) is 0 Å². The summed E-state index contributed by atoms with van der Waals surface area (Å²) in [5, 5.41) is 2.61. The largest absolute Gasteiger partial charge is 0.366 e. The molecular formula is C15H19N3O3. The molecule has 3 amide bonds. The van der Waals surface area contributed by atoms with Crippen molar-refractivity contribution in [3.8, 4) is 0 Å². The van der Waals surface area contributed by atoms with E-state index in [-0.39, 0.29) is 24.3 Å². The number of hydrogen-bond acceptors (Lipinski definition) is 3. The third kappa shape index (κ3) is 3.21. The van der Waals surface area contributed by atoms with Gasteiger partial charge in [-0.15, -0.1) is 0 Å². The first kappa shape index (κ1) is 15.0. The predicted molar refractivity (Wildman–Crippen MR) is 78.9 cm³/mol. The molecule has 0 radical (unpaired) electrons. The summed E-state index contributed by atoms with van der Waals surface area (Å²) in [6, 6.07) is 5.11. The standard InChI is InChI=1S/C15H19N3O3/c1-9(2)15(21)17-8-13(19)18-6-5-10-3-4-11(14(16)20)7-12(10)18/h3-4,7,9H,5-6,8H2,1-2H3,(H2,16,20)(H,17,21). The van der Waals surface area contributed by atoms with E-state index in [1.54, 1.807) is 30.9 Å². The first-order valence-corrected chi connectivity index (χ1v) is 6.91. The lowest BCUT2D eigenvalue weighted by Gasteiger charge is -2.18.